The Morgan fingerprint density at radius 2 is 1.53 bits per heavy atom. The second kappa shape index (κ2) is 12.3. The third kappa shape index (κ3) is 5.62. The molecule has 6 rings (SSSR count). The molecule has 1 heterocycles. The van der Waals surface area contributed by atoms with Crippen molar-refractivity contribution in [2.45, 2.75) is 155 Å². The normalized spacial score (nSPS) is 52.9. The van der Waals surface area contributed by atoms with E-state index in [0.29, 0.717) is 18.8 Å². The van der Waals surface area contributed by atoms with Gasteiger partial charge in [0.2, 0.25) is 0 Å². The number of aliphatic hydroxyl groups excluding tert-OH is 5. The quantitative estimate of drug-likeness (QED) is 0.150. The topological polar surface area (TPSA) is 203 Å². The molecule has 0 radical (unpaired) electrons. The van der Waals surface area contributed by atoms with E-state index in [1.807, 2.05) is 13.8 Å². The van der Waals surface area contributed by atoms with Crippen LogP contribution in [0.3, 0.4) is 0 Å². The van der Waals surface area contributed by atoms with Gasteiger partial charge in [-0.3, -0.25) is 4.55 Å². The maximum absolute atomic E-state index is 12.0. The van der Waals surface area contributed by atoms with Crippen molar-refractivity contribution >= 4 is 10.4 Å². The molecule has 0 bridgehead atoms. The van der Waals surface area contributed by atoms with Crippen molar-refractivity contribution in [3.63, 3.8) is 0 Å². The minimum absolute atomic E-state index is 0.00165. The van der Waals surface area contributed by atoms with Crippen molar-refractivity contribution in [3.05, 3.63) is 0 Å². The van der Waals surface area contributed by atoms with Crippen LogP contribution >= 0.6 is 0 Å². The van der Waals surface area contributed by atoms with Gasteiger partial charge in [0.15, 0.2) is 12.4 Å². The number of rotatable bonds is 7. The Morgan fingerprint density at radius 3 is 2.12 bits per heavy atom. The van der Waals surface area contributed by atoms with Crippen LogP contribution < -0.4 is 0 Å². The first-order valence-corrected chi connectivity index (χ1v) is 19.8. The maximum atomic E-state index is 12.0. The van der Waals surface area contributed by atoms with Gasteiger partial charge in [-0.2, -0.15) is 8.42 Å². The van der Waals surface area contributed by atoms with Crippen LogP contribution in [0.2, 0.25) is 0 Å². The van der Waals surface area contributed by atoms with E-state index in [-0.39, 0.29) is 46.5 Å². The summed E-state index contributed by atoms with van der Waals surface area (Å²) >= 11 is 0. The van der Waals surface area contributed by atoms with Gasteiger partial charge in [0.1, 0.15) is 18.3 Å². The summed E-state index contributed by atoms with van der Waals surface area (Å²) in [4.78, 5) is 0. The summed E-state index contributed by atoms with van der Waals surface area (Å²) in [6.45, 7) is 14.6. The molecule has 7 N–H and O–H groups in total. The number of fused-ring (bicyclic) bond motifs is 7. The van der Waals surface area contributed by atoms with E-state index >= 15 is 0 Å². The van der Waals surface area contributed by atoms with E-state index in [2.05, 4.69) is 34.6 Å². The molecule has 0 aromatic carbocycles. The fourth-order valence-corrected chi connectivity index (χ4v) is 14.1. The Labute approximate surface area is 291 Å². The highest BCUT2D eigenvalue weighted by Gasteiger charge is 2.73. The predicted molar refractivity (Wildman–Crippen MR) is 178 cm³/mol. The van der Waals surface area contributed by atoms with Crippen molar-refractivity contribution in [3.8, 4) is 0 Å². The Bertz CT molecular complexity index is 1350. The van der Waals surface area contributed by atoms with Crippen molar-refractivity contribution in [1.29, 1.82) is 0 Å². The molecule has 6 aliphatic rings. The van der Waals surface area contributed by atoms with E-state index in [9.17, 15) is 43.6 Å². The van der Waals surface area contributed by atoms with E-state index in [4.69, 9.17) is 13.7 Å². The molecule has 16 atom stereocenters. The smallest absolute Gasteiger partial charge is 0.396 e. The third-order valence-corrected chi connectivity index (χ3v) is 16.6. The second-order valence-corrected chi connectivity index (χ2v) is 19.8. The molecular weight excluding hydrogens is 656 g/mol. The summed E-state index contributed by atoms with van der Waals surface area (Å²) in [5.74, 6) is 0.832. The SMILES string of the molecule is CC(C)(O)[C@@H]1CC[C@@]2(CO)[C@H]1[C@H]1CC[C@@H]3[C@@]4(C)CC[C@H](O[C@@H]5O[C@H](CO)[C@@H](O)[C@H](O)[C@H]5OS(=O)(=O)O)C(C)(C)[C@@H]4CC[C@@]3(C)[C@]1(C)C[C@@H]2O. The lowest BCUT2D eigenvalue weighted by Crippen LogP contribution is -2.69. The van der Waals surface area contributed by atoms with Gasteiger partial charge in [-0.25, -0.2) is 4.18 Å². The lowest BCUT2D eigenvalue weighted by molar-refractivity contribution is -0.329. The monoisotopic (exact) mass is 718 g/mol. The molecule has 0 aromatic rings. The van der Waals surface area contributed by atoms with Gasteiger partial charge >= 0.3 is 10.4 Å². The lowest BCUT2D eigenvalue weighted by atomic mass is 9.32. The van der Waals surface area contributed by atoms with E-state index in [0.717, 1.165) is 44.9 Å². The Morgan fingerprint density at radius 1 is 0.857 bits per heavy atom. The number of aliphatic hydroxyl groups is 6. The molecule has 12 nitrogen and oxygen atoms in total. The van der Waals surface area contributed by atoms with Crippen LogP contribution in [0.1, 0.15) is 106 Å². The fraction of sp³-hybridized carbons (Fsp3) is 1.00. The van der Waals surface area contributed by atoms with Gasteiger partial charge in [-0.15, -0.1) is 0 Å². The summed E-state index contributed by atoms with van der Waals surface area (Å²) in [6, 6.07) is 0. The van der Waals surface area contributed by atoms with Crippen molar-refractivity contribution in [1.82, 2.24) is 0 Å². The molecule has 0 spiro atoms. The highest BCUT2D eigenvalue weighted by Crippen LogP contribution is 2.77. The Kier molecular flexibility index (Phi) is 9.60. The van der Waals surface area contributed by atoms with Gasteiger partial charge in [-0.05, 0) is 123 Å². The molecule has 5 saturated carbocycles. The van der Waals surface area contributed by atoms with Crippen LogP contribution in [0, 0.1) is 56.7 Å². The summed E-state index contributed by atoms with van der Waals surface area (Å²) in [7, 11) is -5.04. The molecule has 1 aliphatic heterocycles. The molecule has 49 heavy (non-hydrogen) atoms. The van der Waals surface area contributed by atoms with Gasteiger partial charge in [-0.1, -0.05) is 34.6 Å². The van der Waals surface area contributed by atoms with Gasteiger partial charge in [0, 0.05) is 5.41 Å². The van der Waals surface area contributed by atoms with Gasteiger partial charge < -0.3 is 40.1 Å². The number of hydrogen-bond acceptors (Lipinski definition) is 11. The average molecular weight is 719 g/mol. The standard InChI is InChI=1S/C36H62O12S/c1-31(2)22-11-14-34(6)23(9-8-20-26-19(32(3,4)42)10-15-36(26,18-38)24(39)16-35(20,34)7)33(22,5)13-12-25(31)47-30-29(48-49(43,44)45)28(41)27(40)21(17-37)46-30/h19-30,37-42H,8-18H2,1-7H3,(H,43,44,45)/t19-,20-,21-,22+,23-,24+,25+,26-,27-,28+,29-,30+,33+,34-,35-,36+/m1/s1. The van der Waals surface area contributed by atoms with Gasteiger partial charge in [0.05, 0.1) is 31.0 Å². The molecule has 284 valence electrons. The Balaban J connectivity index is 1.29. The van der Waals surface area contributed by atoms with Crippen LogP contribution in [0.4, 0.5) is 0 Å². The van der Waals surface area contributed by atoms with Gasteiger partial charge in [0.25, 0.3) is 0 Å². The average Bonchev–Trinajstić information content (AvgIpc) is 3.40. The van der Waals surface area contributed by atoms with Crippen molar-refractivity contribution in [2.24, 2.45) is 56.7 Å². The van der Waals surface area contributed by atoms with E-state index < -0.39 is 76.4 Å². The second-order valence-electron chi connectivity index (χ2n) is 18.8. The zero-order valence-electron chi connectivity index (χ0n) is 30.3. The summed E-state index contributed by atoms with van der Waals surface area (Å²) in [5.41, 5.74) is -2.34. The maximum Gasteiger partial charge on any atom is 0.397 e. The number of ether oxygens (including phenoxy) is 2. The third-order valence-electron chi connectivity index (χ3n) is 16.2. The molecule has 6 fully saturated rings. The first-order valence-electron chi connectivity index (χ1n) is 18.5. The van der Waals surface area contributed by atoms with Crippen LogP contribution in [0.25, 0.3) is 0 Å². The highest BCUT2D eigenvalue weighted by atomic mass is 32.3. The van der Waals surface area contributed by atoms with E-state index in [1.54, 1.807) is 0 Å². The van der Waals surface area contributed by atoms with Crippen LogP contribution in [-0.2, 0) is 24.1 Å². The molecule has 0 aromatic heterocycles. The lowest BCUT2D eigenvalue weighted by Gasteiger charge is -2.73. The van der Waals surface area contributed by atoms with Crippen molar-refractivity contribution < 1.29 is 57.3 Å². The summed E-state index contributed by atoms with van der Waals surface area (Å²) in [5, 5.41) is 65.2. The van der Waals surface area contributed by atoms with Crippen LogP contribution in [-0.4, -0.2) is 105 Å². The van der Waals surface area contributed by atoms with Crippen LogP contribution in [0.5, 0.6) is 0 Å². The minimum atomic E-state index is -5.04. The predicted octanol–water partition coefficient (Wildman–Crippen LogP) is 2.81. The van der Waals surface area contributed by atoms with E-state index in [1.165, 1.54) is 0 Å². The zero-order valence-corrected chi connectivity index (χ0v) is 31.1. The fourth-order valence-electron chi connectivity index (χ4n) is 13.7. The van der Waals surface area contributed by atoms with Crippen molar-refractivity contribution in [2.75, 3.05) is 13.2 Å². The zero-order chi connectivity index (χ0) is 36.3. The minimum Gasteiger partial charge on any atom is -0.396 e. The molecule has 13 heteroatoms. The first kappa shape index (κ1) is 38.3. The molecular formula is C36H62O12S. The largest absolute Gasteiger partial charge is 0.397 e. The molecule has 5 aliphatic carbocycles. The Hall–Kier alpha value is -0.450. The molecule has 1 saturated heterocycles. The first-order chi connectivity index (χ1) is 22.5. The number of hydrogen-bond donors (Lipinski definition) is 7. The highest BCUT2D eigenvalue weighted by molar-refractivity contribution is 7.80. The summed E-state index contributed by atoms with van der Waals surface area (Å²) < 4.78 is 49.9. The molecule has 0 amide bonds. The molecule has 0 unspecified atom stereocenters. The summed E-state index contributed by atoms with van der Waals surface area (Å²) in [6.07, 6.45) is -1.62. The van der Waals surface area contributed by atoms with Crippen LogP contribution in [0.15, 0.2) is 0 Å².